The third kappa shape index (κ3) is 3.66. The molecule has 0 bridgehead atoms. The van der Waals surface area contributed by atoms with Gasteiger partial charge in [0.15, 0.2) is 0 Å². The van der Waals surface area contributed by atoms with Gasteiger partial charge in [-0.3, -0.25) is 0 Å². The number of phenols is 1. The molecule has 0 aliphatic carbocycles. The molecule has 0 radical (unpaired) electrons. The molecule has 0 atom stereocenters. The van der Waals surface area contributed by atoms with Gasteiger partial charge in [0.1, 0.15) is 29.4 Å². The van der Waals surface area contributed by atoms with Gasteiger partial charge in [-0.25, -0.2) is 4.79 Å². The Morgan fingerprint density at radius 3 is 2.48 bits per heavy atom. The lowest BCUT2D eigenvalue weighted by Crippen LogP contribution is -2.06. The highest BCUT2D eigenvalue weighted by atomic mass is 16.5. The van der Waals surface area contributed by atoms with Gasteiger partial charge in [0.05, 0.1) is 14.2 Å². The number of benzene rings is 2. The molecule has 0 aromatic heterocycles. The van der Waals surface area contributed by atoms with Crippen LogP contribution >= 0.6 is 0 Å². The van der Waals surface area contributed by atoms with Gasteiger partial charge < -0.3 is 19.3 Å². The van der Waals surface area contributed by atoms with Crippen molar-refractivity contribution in [3.8, 4) is 17.2 Å². The zero-order chi connectivity index (χ0) is 15.2. The smallest absolute Gasteiger partial charge is 0.342 e. The number of esters is 1. The van der Waals surface area contributed by atoms with Crippen molar-refractivity contribution in [1.29, 1.82) is 0 Å². The maximum Gasteiger partial charge on any atom is 0.342 e. The van der Waals surface area contributed by atoms with Crippen molar-refractivity contribution in [1.82, 2.24) is 0 Å². The molecular formula is C16H16O5. The molecule has 0 amide bonds. The second-order valence-electron chi connectivity index (χ2n) is 4.31. The van der Waals surface area contributed by atoms with Crippen LogP contribution in [0.5, 0.6) is 17.2 Å². The highest BCUT2D eigenvalue weighted by Gasteiger charge is 2.14. The van der Waals surface area contributed by atoms with Crippen molar-refractivity contribution in [3.63, 3.8) is 0 Å². The van der Waals surface area contributed by atoms with E-state index in [0.29, 0.717) is 11.5 Å². The summed E-state index contributed by atoms with van der Waals surface area (Å²) in [7, 11) is 3.05. The standard InChI is InChI=1S/C16H16O5/c1-19-12-5-3-4-11(8-12)10-21-16(18)14-9-13(20-2)6-7-15(14)17/h3-9,17H,10H2,1-2H3. The summed E-state index contributed by atoms with van der Waals surface area (Å²) in [6, 6.07) is 11.6. The fourth-order valence-electron chi connectivity index (χ4n) is 1.79. The summed E-state index contributed by atoms with van der Waals surface area (Å²) in [5.74, 6) is 0.398. The van der Waals surface area contributed by atoms with Gasteiger partial charge in [0.25, 0.3) is 0 Å². The molecule has 2 aromatic carbocycles. The predicted octanol–water partition coefficient (Wildman–Crippen LogP) is 2.77. The number of rotatable bonds is 5. The number of hydrogen-bond donors (Lipinski definition) is 1. The van der Waals surface area contributed by atoms with Crippen molar-refractivity contribution in [3.05, 3.63) is 53.6 Å². The van der Waals surface area contributed by atoms with Crippen LogP contribution in [0.3, 0.4) is 0 Å². The molecule has 5 nitrogen and oxygen atoms in total. The fraction of sp³-hybridized carbons (Fsp3) is 0.188. The Morgan fingerprint density at radius 1 is 1.05 bits per heavy atom. The lowest BCUT2D eigenvalue weighted by atomic mass is 10.2. The van der Waals surface area contributed by atoms with Crippen LogP contribution in [0.25, 0.3) is 0 Å². The van der Waals surface area contributed by atoms with E-state index in [0.717, 1.165) is 5.56 Å². The molecule has 0 saturated heterocycles. The van der Waals surface area contributed by atoms with Gasteiger partial charge in [0.2, 0.25) is 0 Å². The van der Waals surface area contributed by atoms with Crippen molar-refractivity contribution in [2.24, 2.45) is 0 Å². The Bertz CT molecular complexity index is 636. The monoisotopic (exact) mass is 288 g/mol. The van der Waals surface area contributed by atoms with Crippen LogP contribution in [-0.4, -0.2) is 25.3 Å². The lowest BCUT2D eigenvalue weighted by Gasteiger charge is -2.09. The first-order valence-electron chi connectivity index (χ1n) is 6.31. The summed E-state index contributed by atoms with van der Waals surface area (Å²) in [4.78, 5) is 12.0. The van der Waals surface area contributed by atoms with Crippen LogP contribution in [0.1, 0.15) is 15.9 Å². The zero-order valence-electron chi connectivity index (χ0n) is 11.8. The minimum Gasteiger partial charge on any atom is -0.507 e. The van der Waals surface area contributed by atoms with Crippen molar-refractivity contribution in [2.45, 2.75) is 6.61 Å². The summed E-state index contributed by atoms with van der Waals surface area (Å²) < 4.78 is 15.3. The van der Waals surface area contributed by atoms with E-state index in [1.807, 2.05) is 12.1 Å². The maximum absolute atomic E-state index is 12.0. The second kappa shape index (κ2) is 6.65. The van der Waals surface area contributed by atoms with Crippen molar-refractivity contribution >= 4 is 5.97 Å². The highest BCUT2D eigenvalue weighted by molar-refractivity contribution is 5.92. The second-order valence-corrected chi connectivity index (χ2v) is 4.31. The van der Waals surface area contributed by atoms with E-state index < -0.39 is 5.97 Å². The Hall–Kier alpha value is -2.69. The molecule has 110 valence electrons. The maximum atomic E-state index is 12.0. The molecule has 0 unspecified atom stereocenters. The van der Waals surface area contributed by atoms with Crippen LogP contribution in [0.2, 0.25) is 0 Å². The summed E-state index contributed by atoms with van der Waals surface area (Å²) in [6.45, 7) is 0.0900. The number of aromatic hydroxyl groups is 1. The highest BCUT2D eigenvalue weighted by Crippen LogP contribution is 2.24. The van der Waals surface area contributed by atoms with E-state index in [4.69, 9.17) is 14.2 Å². The molecule has 21 heavy (non-hydrogen) atoms. The normalized spacial score (nSPS) is 10.0. The number of methoxy groups -OCH3 is 2. The van der Waals surface area contributed by atoms with E-state index in [9.17, 15) is 9.90 Å². The van der Waals surface area contributed by atoms with Crippen LogP contribution in [0, 0.1) is 0 Å². The molecule has 0 aliphatic heterocycles. The van der Waals surface area contributed by atoms with E-state index in [2.05, 4.69) is 0 Å². The first-order valence-corrected chi connectivity index (χ1v) is 6.31. The predicted molar refractivity (Wildman–Crippen MR) is 76.8 cm³/mol. The molecule has 0 heterocycles. The summed E-state index contributed by atoms with van der Waals surface area (Å²) >= 11 is 0. The molecular weight excluding hydrogens is 272 g/mol. The molecule has 0 aliphatic rings. The number of ether oxygens (including phenoxy) is 3. The average molecular weight is 288 g/mol. The molecule has 1 N–H and O–H groups in total. The number of carbonyl (C=O) groups excluding carboxylic acids is 1. The minimum absolute atomic E-state index is 0.0669. The summed E-state index contributed by atoms with van der Waals surface area (Å²) in [6.07, 6.45) is 0. The van der Waals surface area contributed by atoms with Crippen molar-refractivity contribution in [2.75, 3.05) is 14.2 Å². The van der Waals surface area contributed by atoms with Gasteiger partial charge in [-0.15, -0.1) is 0 Å². The summed E-state index contributed by atoms with van der Waals surface area (Å²) in [5.41, 5.74) is 0.863. The molecule has 0 spiro atoms. The van der Waals surface area contributed by atoms with Gasteiger partial charge >= 0.3 is 5.97 Å². The lowest BCUT2D eigenvalue weighted by molar-refractivity contribution is 0.0468. The molecule has 0 saturated carbocycles. The van der Waals surface area contributed by atoms with Gasteiger partial charge in [-0.1, -0.05) is 12.1 Å². The first-order chi connectivity index (χ1) is 10.1. The quantitative estimate of drug-likeness (QED) is 0.857. The number of phenolic OH excluding ortho intramolecular Hbond substituents is 1. The SMILES string of the molecule is COc1cccc(COC(=O)c2cc(OC)ccc2O)c1. The largest absolute Gasteiger partial charge is 0.507 e. The number of carbonyl (C=O) groups is 1. The van der Waals surface area contributed by atoms with Crippen LogP contribution in [-0.2, 0) is 11.3 Å². The van der Waals surface area contributed by atoms with E-state index in [-0.39, 0.29) is 17.9 Å². The zero-order valence-corrected chi connectivity index (χ0v) is 11.8. The average Bonchev–Trinajstić information content (AvgIpc) is 2.53. The fourth-order valence-corrected chi connectivity index (χ4v) is 1.79. The third-order valence-electron chi connectivity index (χ3n) is 2.93. The topological polar surface area (TPSA) is 65.0 Å². The molecule has 2 rings (SSSR count). The van der Waals surface area contributed by atoms with E-state index in [1.165, 1.54) is 19.2 Å². The molecule has 0 fully saturated rings. The van der Waals surface area contributed by atoms with Gasteiger partial charge in [0, 0.05) is 0 Å². The van der Waals surface area contributed by atoms with Crippen LogP contribution in [0.4, 0.5) is 0 Å². The molecule has 2 aromatic rings. The Morgan fingerprint density at radius 2 is 1.76 bits per heavy atom. The van der Waals surface area contributed by atoms with Crippen LogP contribution < -0.4 is 9.47 Å². The van der Waals surface area contributed by atoms with E-state index in [1.54, 1.807) is 25.3 Å². The van der Waals surface area contributed by atoms with E-state index >= 15 is 0 Å². The van der Waals surface area contributed by atoms with Gasteiger partial charge in [-0.05, 0) is 35.9 Å². The minimum atomic E-state index is -0.616. The van der Waals surface area contributed by atoms with Gasteiger partial charge in [-0.2, -0.15) is 0 Å². The Balaban J connectivity index is 2.07. The Kier molecular flexibility index (Phi) is 4.66. The third-order valence-corrected chi connectivity index (χ3v) is 2.93. The Labute approximate surface area is 122 Å². The van der Waals surface area contributed by atoms with Crippen LogP contribution in [0.15, 0.2) is 42.5 Å². The van der Waals surface area contributed by atoms with Crippen molar-refractivity contribution < 1.29 is 24.1 Å². The summed E-state index contributed by atoms with van der Waals surface area (Å²) in [5, 5.41) is 9.70. The first kappa shape index (κ1) is 14.7. The molecule has 5 heteroatoms. The number of hydrogen-bond acceptors (Lipinski definition) is 5.